The molecule has 1 saturated heterocycles. The molecule has 0 N–H and O–H groups in total. The lowest BCUT2D eigenvalue weighted by Crippen LogP contribution is -2.41. The molecule has 0 aliphatic carbocycles. The third-order valence-corrected chi connectivity index (χ3v) is 3.69. The van der Waals surface area contributed by atoms with Gasteiger partial charge in [0.2, 0.25) is 0 Å². The Bertz CT molecular complexity index is 472. The molecule has 1 atom stereocenters. The molecular weight excluding hydrogens is 238 g/mol. The van der Waals surface area contributed by atoms with Crippen molar-refractivity contribution >= 4 is 23.1 Å². The zero-order valence-corrected chi connectivity index (χ0v) is 9.89. The molecule has 0 radical (unpaired) electrons. The van der Waals surface area contributed by atoms with Gasteiger partial charge in [-0.2, -0.15) is 17.0 Å². The number of nitrogens with zero attached hydrogens (tertiary/aromatic N) is 3. The molecule has 0 bridgehead atoms. The maximum atomic E-state index is 11.0. The first-order valence-corrected chi connectivity index (χ1v) is 6.37. The molecule has 1 heterocycles. The van der Waals surface area contributed by atoms with E-state index < -0.39 is 4.92 Å². The van der Waals surface area contributed by atoms with Crippen molar-refractivity contribution in [1.82, 2.24) is 0 Å². The molecule has 0 aromatic heterocycles. The molecule has 88 valence electrons. The normalized spacial score (nSPS) is 19.7. The molecule has 0 saturated carbocycles. The van der Waals surface area contributed by atoms with Crippen LogP contribution in [0.2, 0.25) is 0 Å². The summed E-state index contributed by atoms with van der Waals surface area (Å²) in [6.45, 7) is 0.674. The van der Waals surface area contributed by atoms with Crippen molar-refractivity contribution in [3.63, 3.8) is 0 Å². The summed E-state index contributed by atoms with van der Waals surface area (Å²) >= 11 is 1.71. The number of nitro groups is 1. The molecule has 1 aromatic carbocycles. The number of nitro benzene ring substituents is 1. The molecular formula is C11H11N3O2S. The van der Waals surface area contributed by atoms with Crippen LogP contribution < -0.4 is 4.90 Å². The van der Waals surface area contributed by atoms with Crippen LogP contribution in [0.1, 0.15) is 0 Å². The topological polar surface area (TPSA) is 70.2 Å². The van der Waals surface area contributed by atoms with Gasteiger partial charge in [-0.15, -0.1) is 0 Å². The number of rotatable bonds is 2. The van der Waals surface area contributed by atoms with Gasteiger partial charge >= 0.3 is 0 Å². The summed E-state index contributed by atoms with van der Waals surface area (Å²) in [7, 11) is 0. The molecule has 5 nitrogen and oxygen atoms in total. The number of nitriles is 1. The number of hydrogen-bond acceptors (Lipinski definition) is 5. The van der Waals surface area contributed by atoms with E-state index in [9.17, 15) is 10.1 Å². The van der Waals surface area contributed by atoms with Crippen molar-refractivity contribution in [2.75, 3.05) is 23.0 Å². The van der Waals surface area contributed by atoms with E-state index in [1.807, 2.05) is 4.90 Å². The highest BCUT2D eigenvalue weighted by molar-refractivity contribution is 7.99. The van der Waals surface area contributed by atoms with E-state index >= 15 is 0 Å². The van der Waals surface area contributed by atoms with Gasteiger partial charge in [0.25, 0.3) is 5.69 Å². The quantitative estimate of drug-likeness (QED) is 0.592. The average Bonchev–Trinajstić information content (AvgIpc) is 2.38. The summed E-state index contributed by atoms with van der Waals surface area (Å²) in [5.41, 5.74) is 0.615. The summed E-state index contributed by atoms with van der Waals surface area (Å²) in [6.07, 6.45) is 0. The third-order valence-electron chi connectivity index (χ3n) is 2.67. The van der Waals surface area contributed by atoms with E-state index in [1.54, 1.807) is 30.0 Å². The third kappa shape index (κ3) is 2.34. The molecule has 1 unspecified atom stereocenters. The molecule has 0 amide bonds. The van der Waals surface area contributed by atoms with Crippen LogP contribution >= 0.6 is 11.8 Å². The Morgan fingerprint density at radius 2 is 2.29 bits per heavy atom. The van der Waals surface area contributed by atoms with E-state index in [0.717, 1.165) is 5.75 Å². The summed E-state index contributed by atoms with van der Waals surface area (Å²) in [6, 6.07) is 8.51. The van der Waals surface area contributed by atoms with Gasteiger partial charge in [0, 0.05) is 24.1 Å². The Morgan fingerprint density at radius 3 is 3.00 bits per heavy atom. The first-order chi connectivity index (χ1) is 8.24. The van der Waals surface area contributed by atoms with E-state index in [-0.39, 0.29) is 11.7 Å². The fourth-order valence-corrected chi connectivity index (χ4v) is 2.83. The second-order valence-electron chi connectivity index (χ2n) is 3.66. The van der Waals surface area contributed by atoms with Crippen LogP contribution in [0.25, 0.3) is 0 Å². The first kappa shape index (κ1) is 11.7. The smallest absolute Gasteiger partial charge is 0.292 e. The van der Waals surface area contributed by atoms with Crippen LogP contribution in [0.5, 0.6) is 0 Å². The van der Waals surface area contributed by atoms with Crippen LogP contribution in [0.3, 0.4) is 0 Å². The summed E-state index contributed by atoms with van der Waals surface area (Å²) < 4.78 is 0. The van der Waals surface area contributed by atoms with Gasteiger partial charge in [0.05, 0.1) is 11.0 Å². The minimum Gasteiger partial charge on any atom is -0.349 e. The minimum absolute atomic E-state index is 0.0691. The fraction of sp³-hybridized carbons (Fsp3) is 0.364. The van der Waals surface area contributed by atoms with Crippen molar-refractivity contribution in [1.29, 1.82) is 5.26 Å². The SMILES string of the molecule is N#CC1CSCCN1c1ccccc1[N+](=O)[O-]. The van der Waals surface area contributed by atoms with Crippen LogP contribution in [0.4, 0.5) is 11.4 Å². The number of anilines is 1. The maximum Gasteiger partial charge on any atom is 0.292 e. The number of benzene rings is 1. The lowest BCUT2D eigenvalue weighted by Gasteiger charge is -2.32. The Balaban J connectivity index is 2.38. The number of hydrogen-bond donors (Lipinski definition) is 0. The zero-order chi connectivity index (χ0) is 12.3. The highest BCUT2D eigenvalue weighted by Crippen LogP contribution is 2.31. The first-order valence-electron chi connectivity index (χ1n) is 5.21. The van der Waals surface area contributed by atoms with Crippen LogP contribution in [0, 0.1) is 21.4 Å². The van der Waals surface area contributed by atoms with E-state index in [4.69, 9.17) is 5.26 Å². The highest BCUT2D eigenvalue weighted by atomic mass is 32.2. The minimum atomic E-state index is -0.397. The van der Waals surface area contributed by atoms with Crippen molar-refractivity contribution in [3.8, 4) is 6.07 Å². The van der Waals surface area contributed by atoms with Crippen LogP contribution in [-0.2, 0) is 0 Å². The zero-order valence-electron chi connectivity index (χ0n) is 9.07. The molecule has 2 rings (SSSR count). The van der Waals surface area contributed by atoms with E-state index in [1.165, 1.54) is 6.07 Å². The molecule has 1 aliphatic heterocycles. The van der Waals surface area contributed by atoms with Gasteiger partial charge in [-0.3, -0.25) is 10.1 Å². The Labute approximate surface area is 103 Å². The molecule has 1 aromatic rings. The van der Waals surface area contributed by atoms with Gasteiger partial charge in [-0.05, 0) is 6.07 Å². The van der Waals surface area contributed by atoms with Gasteiger partial charge in [0.15, 0.2) is 0 Å². The monoisotopic (exact) mass is 249 g/mol. The maximum absolute atomic E-state index is 11.0. The largest absolute Gasteiger partial charge is 0.349 e. The Morgan fingerprint density at radius 1 is 1.53 bits per heavy atom. The van der Waals surface area contributed by atoms with E-state index in [0.29, 0.717) is 18.0 Å². The van der Waals surface area contributed by atoms with Crippen molar-refractivity contribution < 1.29 is 4.92 Å². The van der Waals surface area contributed by atoms with Crippen LogP contribution in [-0.4, -0.2) is 29.0 Å². The van der Waals surface area contributed by atoms with Crippen molar-refractivity contribution in [3.05, 3.63) is 34.4 Å². The van der Waals surface area contributed by atoms with Gasteiger partial charge in [-0.1, -0.05) is 12.1 Å². The fourth-order valence-electron chi connectivity index (χ4n) is 1.86. The van der Waals surface area contributed by atoms with Crippen LogP contribution in [0.15, 0.2) is 24.3 Å². The molecule has 1 fully saturated rings. The van der Waals surface area contributed by atoms with Gasteiger partial charge in [0.1, 0.15) is 11.7 Å². The van der Waals surface area contributed by atoms with Crippen molar-refractivity contribution in [2.24, 2.45) is 0 Å². The standard InChI is InChI=1S/C11H11N3O2S/c12-7-9-8-17-6-5-13(9)10-3-1-2-4-11(10)14(15)16/h1-4,9H,5-6,8H2. The molecule has 6 heteroatoms. The molecule has 1 aliphatic rings. The number of thioether (sulfide) groups is 1. The second-order valence-corrected chi connectivity index (χ2v) is 4.81. The Hall–Kier alpha value is -1.74. The highest BCUT2D eigenvalue weighted by Gasteiger charge is 2.27. The summed E-state index contributed by atoms with van der Waals surface area (Å²) in [5, 5.41) is 20.0. The van der Waals surface area contributed by atoms with Gasteiger partial charge < -0.3 is 4.90 Å². The number of para-hydroxylation sites is 2. The predicted octanol–water partition coefficient (Wildman–Crippen LogP) is 2.04. The average molecular weight is 249 g/mol. The summed E-state index contributed by atoms with van der Waals surface area (Å²) in [4.78, 5) is 12.4. The van der Waals surface area contributed by atoms with Crippen molar-refractivity contribution in [2.45, 2.75) is 6.04 Å². The molecule has 17 heavy (non-hydrogen) atoms. The summed E-state index contributed by atoms with van der Waals surface area (Å²) in [5.74, 6) is 1.59. The molecule has 0 spiro atoms. The van der Waals surface area contributed by atoms with Gasteiger partial charge in [-0.25, -0.2) is 0 Å². The van der Waals surface area contributed by atoms with E-state index in [2.05, 4.69) is 6.07 Å². The predicted molar refractivity (Wildman–Crippen MR) is 67.2 cm³/mol. The Kier molecular flexibility index (Phi) is 3.49. The lowest BCUT2D eigenvalue weighted by atomic mass is 10.2. The lowest BCUT2D eigenvalue weighted by molar-refractivity contribution is -0.384. The second kappa shape index (κ2) is 5.06.